The molecule has 0 unspecified atom stereocenters. The summed E-state index contributed by atoms with van der Waals surface area (Å²) in [6.45, 7) is 0. The molecule has 4 N–H and O–H groups in total. The van der Waals surface area contributed by atoms with Crippen molar-refractivity contribution < 1.29 is 0 Å². The van der Waals surface area contributed by atoms with Gasteiger partial charge in [0.15, 0.2) is 5.69 Å². The Kier molecular flexibility index (Phi) is 3.76. The molecule has 0 spiro atoms. The van der Waals surface area contributed by atoms with E-state index >= 15 is 0 Å². The van der Waals surface area contributed by atoms with Gasteiger partial charge in [0.2, 0.25) is 0 Å². The Morgan fingerprint density at radius 1 is 0.955 bits per heavy atom. The van der Waals surface area contributed by atoms with Gasteiger partial charge in [0.1, 0.15) is 5.69 Å². The number of nitrogen functional groups attached to an aromatic ring is 1. The highest BCUT2D eigenvalue weighted by atomic mass is 35.5. The fourth-order valence-electron chi connectivity index (χ4n) is 1.94. The zero-order valence-corrected chi connectivity index (χ0v) is 12.1. The number of nitrogens with zero attached hydrogens (tertiary/aromatic N) is 2. The first-order chi connectivity index (χ1) is 10.6. The Morgan fingerprint density at radius 2 is 1.68 bits per heavy atom. The van der Waals surface area contributed by atoms with Gasteiger partial charge >= 0.3 is 0 Å². The second kappa shape index (κ2) is 5.87. The Hall–Kier alpha value is -2.86. The molecule has 6 nitrogen and oxygen atoms in total. The predicted molar refractivity (Wildman–Crippen MR) is 86.9 cm³/mol. The number of rotatable bonds is 3. The molecule has 0 saturated carbocycles. The zero-order valence-electron chi connectivity index (χ0n) is 11.4. The average molecular weight is 314 g/mol. The highest BCUT2D eigenvalue weighted by Crippen LogP contribution is 2.29. The van der Waals surface area contributed by atoms with Gasteiger partial charge in [-0.25, -0.2) is 0 Å². The van der Waals surface area contributed by atoms with Crippen molar-refractivity contribution in [2.75, 3.05) is 5.73 Å². The van der Waals surface area contributed by atoms with Crippen molar-refractivity contribution in [1.82, 2.24) is 10.2 Å². The van der Waals surface area contributed by atoms with E-state index in [1.807, 2.05) is 0 Å². The summed E-state index contributed by atoms with van der Waals surface area (Å²) in [5.41, 5.74) is 7.94. The standard InChI is InChI=1S/C15H12ClN5O/c16-11-3-1-2-4-12(11)18-20-14-13(19-21-15(14)22)9-5-7-10(17)8-6-9/h1-8H,17H2,(H2,19,21,22). The minimum absolute atomic E-state index is 0.185. The van der Waals surface area contributed by atoms with Crippen molar-refractivity contribution in [3.05, 3.63) is 63.9 Å². The van der Waals surface area contributed by atoms with Crippen LogP contribution in [0.25, 0.3) is 11.3 Å². The molecular weight excluding hydrogens is 302 g/mol. The highest BCUT2D eigenvalue weighted by Gasteiger charge is 2.11. The molecule has 1 heterocycles. The molecule has 110 valence electrons. The van der Waals surface area contributed by atoms with Crippen LogP contribution in [-0.4, -0.2) is 10.2 Å². The molecule has 3 aromatic rings. The van der Waals surface area contributed by atoms with Gasteiger partial charge in [0, 0.05) is 11.3 Å². The number of hydrogen-bond acceptors (Lipinski definition) is 4. The lowest BCUT2D eigenvalue weighted by molar-refractivity contribution is 1.06. The van der Waals surface area contributed by atoms with Gasteiger partial charge in [-0.1, -0.05) is 35.9 Å². The maximum atomic E-state index is 11.9. The van der Waals surface area contributed by atoms with Crippen LogP contribution in [0.3, 0.4) is 0 Å². The quantitative estimate of drug-likeness (QED) is 0.502. The summed E-state index contributed by atoms with van der Waals surface area (Å²) in [5.74, 6) is 0. The van der Waals surface area contributed by atoms with Crippen LogP contribution >= 0.6 is 11.6 Å². The average Bonchev–Trinajstić information content (AvgIpc) is 2.88. The van der Waals surface area contributed by atoms with E-state index in [1.54, 1.807) is 48.5 Å². The minimum atomic E-state index is -0.359. The number of halogens is 1. The lowest BCUT2D eigenvalue weighted by atomic mass is 10.1. The molecule has 0 fully saturated rings. The number of benzene rings is 2. The Balaban J connectivity index is 2.01. The number of aromatic amines is 2. The van der Waals surface area contributed by atoms with Crippen LogP contribution in [0.1, 0.15) is 0 Å². The first kappa shape index (κ1) is 14.1. The van der Waals surface area contributed by atoms with Gasteiger partial charge in [0.05, 0.1) is 10.7 Å². The highest BCUT2D eigenvalue weighted by molar-refractivity contribution is 6.32. The largest absolute Gasteiger partial charge is 0.399 e. The molecule has 7 heteroatoms. The number of aromatic nitrogens is 2. The topological polar surface area (TPSA) is 99.4 Å². The molecule has 1 aromatic heterocycles. The van der Waals surface area contributed by atoms with E-state index in [2.05, 4.69) is 20.4 Å². The number of azo groups is 1. The second-order valence-electron chi connectivity index (χ2n) is 4.58. The predicted octanol–water partition coefficient (Wildman–Crippen LogP) is 4.02. The normalized spacial score (nSPS) is 11.1. The molecule has 0 radical (unpaired) electrons. The van der Waals surface area contributed by atoms with Crippen LogP contribution < -0.4 is 11.3 Å². The molecule has 3 rings (SSSR count). The van der Waals surface area contributed by atoms with Gasteiger partial charge in [-0.2, -0.15) is 0 Å². The van der Waals surface area contributed by atoms with Gasteiger partial charge < -0.3 is 5.73 Å². The first-order valence-corrected chi connectivity index (χ1v) is 6.86. The van der Waals surface area contributed by atoms with Crippen LogP contribution in [0, 0.1) is 0 Å². The molecule has 0 amide bonds. The van der Waals surface area contributed by atoms with E-state index in [9.17, 15) is 4.79 Å². The van der Waals surface area contributed by atoms with E-state index in [-0.39, 0.29) is 11.2 Å². The van der Waals surface area contributed by atoms with Gasteiger partial charge in [-0.3, -0.25) is 15.0 Å². The molecule has 0 bridgehead atoms. The van der Waals surface area contributed by atoms with E-state index < -0.39 is 0 Å². The smallest absolute Gasteiger partial charge is 0.292 e. The SMILES string of the molecule is Nc1ccc(-c2[nH][nH]c(=O)c2N=Nc2ccccc2Cl)cc1. The second-order valence-corrected chi connectivity index (χ2v) is 4.98. The van der Waals surface area contributed by atoms with E-state index in [1.165, 1.54) is 0 Å². The third-order valence-electron chi connectivity index (χ3n) is 3.06. The number of H-pyrrole nitrogens is 2. The number of hydrogen-bond donors (Lipinski definition) is 3. The van der Waals surface area contributed by atoms with Crippen LogP contribution in [0.5, 0.6) is 0 Å². The molecule has 22 heavy (non-hydrogen) atoms. The van der Waals surface area contributed by atoms with Crippen LogP contribution in [0.4, 0.5) is 17.1 Å². The van der Waals surface area contributed by atoms with Crippen molar-refractivity contribution in [3.63, 3.8) is 0 Å². The number of nitrogens with two attached hydrogens (primary N) is 1. The van der Waals surface area contributed by atoms with E-state index in [0.717, 1.165) is 5.56 Å². The third-order valence-corrected chi connectivity index (χ3v) is 3.38. The minimum Gasteiger partial charge on any atom is -0.399 e. The van der Waals surface area contributed by atoms with Crippen molar-refractivity contribution in [3.8, 4) is 11.3 Å². The molecular formula is C15H12ClN5O. The molecule has 0 aliphatic rings. The first-order valence-electron chi connectivity index (χ1n) is 6.48. The fourth-order valence-corrected chi connectivity index (χ4v) is 2.12. The van der Waals surface area contributed by atoms with Gasteiger partial charge in [-0.15, -0.1) is 10.2 Å². The zero-order chi connectivity index (χ0) is 15.5. The van der Waals surface area contributed by atoms with Crippen molar-refractivity contribution in [1.29, 1.82) is 0 Å². The Labute approximate surface area is 130 Å². The summed E-state index contributed by atoms with van der Waals surface area (Å²) in [7, 11) is 0. The lowest BCUT2D eigenvalue weighted by Crippen LogP contribution is -1.96. The molecule has 0 aliphatic carbocycles. The van der Waals surface area contributed by atoms with Crippen molar-refractivity contribution in [2.45, 2.75) is 0 Å². The summed E-state index contributed by atoms with van der Waals surface area (Å²) in [5, 5.41) is 13.8. The monoisotopic (exact) mass is 313 g/mol. The fraction of sp³-hybridized carbons (Fsp3) is 0. The van der Waals surface area contributed by atoms with Crippen molar-refractivity contribution >= 4 is 28.7 Å². The number of anilines is 1. The number of nitrogens with one attached hydrogen (secondary N) is 2. The summed E-state index contributed by atoms with van der Waals surface area (Å²) < 4.78 is 0. The molecule has 0 saturated heterocycles. The van der Waals surface area contributed by atoms with E-state index in [4.69, 9.17) is 17.3 Å². The van der Waals surface area contributed by atoms with Crippen LogP contribution in [-0.2, 0) is 0 Å². The van der Waals surface area contributed by atoms with E-state index in [0.29, 0.717) is 22.1 Å². The third kappa shape index (κ3) is 2.77. The van der Waals surface area contributed by atoms with Crippen molar-refractivity contribution in [2.24, 2.45) is 10.2 Å². The molecule has 0 atom stereocenters. The van der Waals surface area contributed by atoms with Gasteiger partial charge in [0.25, 0.3) is 5.56 Å². The molecule has 2 aromatic carbocycles. The maximum Gasteiger partial charge on any atom is 0.292 e. The summed E-state index contributed by atoms with van der Waals surface area (Å²) in [6, 6.07) is 14.1. The summed E-state index contributed by atoms with van der Waals surface area (Å²) in [4.78, 5) is 11.9. The summed E-state index contributed by atoms with van der Waals surface area (Å²) >= 11 is 6.02. The maximum absolute atomic E-state index is 11.9. The Bertz CT molecular complexity index is 879. The lowest BCUT2D eigenvalue weighted by Gasteiger charge is -2.00. The van der Waals surface area contributed by atoms with Gasteiger partial charge in [-0.05, 0) is 24.3 Å². The summed E-state index contributed by atoms with van der Waals surface area (Å²) in [6.07, 6.45) is 0. The van der Waals surface area contributed by atoms with Crippen LogP contribution in [0.2, 0.25) is 5.02 Å². The van der Waals surface area contributed by atoms with Crippen LogP contribution in [0.15, 0.2) is 63.6 Å². The molecule has 0 aliphatic heterocycles. The Morgan fingerprint density at radius 3 is 2.41 bits per heavy atom.